The Hall–Kier alpha value is -0.610. The number of amides is 1. The van der Waals surface area contributed by atoms with Crippen molar-refractivity contribution in [3.8, 4) is 0 Å². The first-order valence-electron chi connectivity index (χ1n) is 8.74. The fourth-order valence-electron chi connectivity index (χ4n) is 3.56. The van der Waals surface area contributed by atoms with E-state index in [4.69, 9.17) is 0 Å². The molecule has 0 aromatic carbocycles. The summed E-state index contributed by atoms with van der Waals surface area (Å²) in [5.74, 6) is 0.739. The Morgan fingerprint density at radius 2 is 1.81 bits per heavy atom. The van der Waals surface area contributed by atoms with E-state index in [0.29, 0.717) is 5.92 Å². The minimum Gasteiger partial charge on any atom is -0.354 e. The van der Waals surface area contributed by atoms with Crippen molar-refractivity contribution in [3.05, 3.63) is 0 Å². The predicted octanol–water partition coefficient (Wildman–Crippen LogP) is 2.15. The highest BCUT2D eigenvalue weighted by Crippen LogP contribution is 2.26. The van der Waals surface area contributed by atoms with Crippen molar-refractivity contribution in [2.75, 3.05) is 26.7 Å². The maximum Gasteiger partial charge on any atom is 0.239 e. The largest absolute Gasteiger partial charge is 0.354 e. The summed E-state index contributed by atoms with van der Waals surface area (Å²) in [5, 5.41) is 6.18. The van der Waals surface area contributed by atoms with Crippen LogP contribution in [0.25, 0.3) is 0 Å². The molecular formula is C17H33N3O. The number of carbonyl (C=O) groups excluding carboxylic acids is 1. The van der Waals surface area contributed by atoms with E-state index >= 15 is 0 Å². The predicted molar refractivity (Wildman–Crippen MR) is 87.3 cm³/mol. The second kappa shape index (κ2) is 7.59. The molecule has 0 spiro atoms. The SMILES string of the molecule is CNC(C)(C)C(=O)NCC1CCN(C2CCCCCC2)C1. The number of carbonyl (C=O) groups is 1. The van der Waals surface area contributed by atoms with Crippen LogP contribution in [0.3, 0.4) is 0 Å². The summed E-state index contributed by atoms with van der Waals surface area (Å²) in [7, 11) is 1.84. The van der Waals surface area contributed by atoms with Crippen LogP contribution in [0, 0.1) is 5.92 Å². The van der Waals surface area contributed by atoms with Gasteiger partial charge in [-0.25, -0.2) is 0 Å². The van der Waals surface area contributed by atoms with Gasteiger partial charge in [-0.1, -0.05) is 25.7 Å². The molecule has 21 heavy (non-hydrogen) atoms. The van der Waals surface area contributed by atoms with Crippen LogP contribution in [0.5, 0.6) is 0 Å². The van der Waals surface area contributed by atoms with Gasteiger partial charge in [0.1, 0.15) is 0 Å². The molecule has 1 atom stereocenters. The molecule has 2 N–H and O–H groups in total. The lowest BCUT2D eigenvalue weighted by Gasteiger charge is -2.27. The van der Waals surface area contributed by atoms with Gasteiger partial charge in [0.2, 0.25) is 5.91 Å². The highest BCUT2D eigenvalue weighted by molar-refractivity contribution is 5.85. The quantitative estimate of drug-likeness (QED) is 0.764. The molecule has 0 aromatic rings. The molecule has 1 heterocycles. The number of hydrogen-bond donors (Lipinski definition) is 2. The van der Waals surface area contributed by atoms with Crippen molar-refractivity contribution in [1.29, 1.82) is 0 Å². The van der Waals surface area contributed by atoms with Gasteiger partial charge in [-0.2, -0.15) is 0 Å². The van der Waals surface area contributed by atoms with E-state index in [9.17, 15) is 4.79 Å². The van der Waals surface area contributed by atoms with Crippen LogP contribution in [0.15, 0.2) is 0 Å². The molecule has 2 rings (SSSR count). The minimum absolute atomic E-state index is 0.109. The number of hydrogen-bond acceptors (Lipinski definition) is 3. The second-order valence-electron chi connectivity index (χ2n) is 7.38. The Bertz CT molecular complexity index is 335. The zero-order chi connectivity index (χ0) is 15.3. The lowest BCUT2D eigenvalue weighted by atomic mass is 10.0. The highest BCUT2D eigenvalue weighted by Gasteiger charge is 2.30. The topological polar surface area (TPSA) is 44.4 Å². The Labute approximate surface area is 130 Å². The summed E-state index contributed by atoms with van der Waals surface area (Å²) >= 11 is 0. The van der Waals surface area contributed by atoms with E-state index in [1.807, 2.05) is 20.9 Å². The van der Waals surface area contributed by atoms with Gasteiger partial charge in [-0.05, 0) is 52.6 Å². The van der Waals surface area contributed by atoms with Crippen molar-refractivity contribution in [3.63, 3.8) is 0 Å². The number of nitrogens with one attached hydrogen (secondary N) is 2. The van der Waals surface area contributed by atoms with Gasteiger partial charge < -0.3 is 15.5 Å². The summed E-state index contributed by atoms with van der Waals surface area (Å²) in [4.78, 5) is 14.8. The molecule has 1 amide bonds. The number of likely N-dealkylation sites (N-methyl/N-ethyl adjacent to an activating group) is 1. The average molecular weight is 295 g/mol. The monoisotopic (exact) mass is 295 g/mol. The molecule has 4 nitrogen and oxygen atoms in total. The van der Waals surface area contributed by atoms with Gasteiger partial charge in [0.05, 0.1) is 5.54 Å². The first kappa shape index (κ1) is 16.8. The van der Waals surface area contributed by atoms with Crippen molar-refractivity contribution in [2.45, 2.75) is 70.4 Å². The Morgan fingerprint density at radius 1 is 1.14 bits per heavy atom. The van der Waals surface area contributed by atoms with Crippen molar-refractivity contribution in [1.82, 2.24) is 15.5 Å². The van der Waals surface area contributed by atoms with Crippen LogP contribution in [0.2, 0.25) is 0 Å². The van der Waals surface area contributed by atoms with Crippen LogP contribution in [-0.2, 0) is 4.79 Å². The third-order valence-corrected chi connectivity index (χ3v) is 5.40. The van der Waals surface area contributed by atoms with Gasteiger partial charge in [-0.3, -0.25) is 4.79 Å². The molecule has 1 saturated carbocycles. The summed E-state index contributed by atoms with van der Waals surface area (Å²) in [6.07, 6.45) is 9.64. The fourth-order valence-corrected chi connectivity index (χ4v) is 3.56. The van der Waals surface area contributed by atoms with Gasteiger partial charge in [0, 0.05) is 19.1 Å². The number of rotatable bonds is 5. The molecule has 1 saturated heterocycles. The molecule has 2 fully saturated rings. The zero-order valence-corrected chi connectivity index (χ0v) is 14.1. The van der Waals surface area contributed by atoms with Crippen LogP contribution in [0.4, 0.5) is 0 Å². The van der Waals surface area contributed by atoms with Gasteiger partial charge in [-0.15, -0.1) is 0 Å². The van der Waals surface area contributed by atoms with Crippen molar-refractivity contribution in [2.24, 2.45) is 5.92 Å². The molecule has 0 aromatic heterocycles. The zero-order valence-electron chi connectivity index (χ0n) is 14.1. The fraction of sp³-hybridized carbons (Fsp3) is 0.941. The summed E-state index contributed by atoms with van der Waals surface area (Å²) in [6, 6.07) is 0.807. The first-order valence-corrected chi connectivity index (χ1v) is 8.74. The van der Waals surface area contributed by atoms with E-state index in [-0.39, 0.29) is 5.91 Å². The lowest BCUT2D eigenvalue weighted by molar-refractivity contribution is -0.126. The molecule has 0 bridgehead atoms. The van der Waals surface area contributed by atoms with E-state index < -0.39 is 5.54 Å². The number of likely N-dealkylation sites (tertiary alicyclic amines) is 1. The molecule has 1 aliphatic carbocycles. The normalized spacial score (nSPS) is 25.8. The van der Waals surface area contributed by atoms with Gasteiger partial charge in [0.25, 0.3) is 0 Å². The van der Waals surface area contributed by atoms with Crippen molar-refractivity contribution >= 4 is 5.91 Å². The van der Waals surface area contributed by atoms with Crippen LogP contribution in [0.1, 0.15) is 58.8 Å². The Morgan fingerprint density at radius 3 is 2.43 bits per heavy atom. The molecule has 1 unspecified atom stereocenters. The lowest BCUT2D eigenvalue weighted by Crippen LogP contribution is -2.52. The highest BCUT2D eigenvalue weighted by atomic mass is 16.2. The van der Waals surface area contributed by atoms with Gasteiger partial charge in [0.15, 0.2) is 0 Å². The summed E-state index contributed by atoms with van der Waals surface area (Å²) in [6.45, 7) is 7.07. The standard InChI is InChI=1S/C17H33N3O/c1-17(2,18-3)16(21)19-12-14-10-11-20(13-14)15-8-6-4-5-7-9-15/h14-15,18H,4-13H2,1-3H3,(H,19,21). The molecule has 122 valence electrons. The van der Waals surface area contributed by atoms with E-state index in [2.05, 4.69) is 15.5 Å². The molecular weight excluding hydrogens is 262 g/mol. The third-order valence-electron chi connectivity index (χ3n) is 5.40. The van der Waals surface area contributed by atoms with Crippen LogP contribution < -0.4 is 10.6 Å². The Balaban J connectivity index is 1.73. The first-order chi connectivity index (χ1) is 10.0. The maximum absolute atomic E-state index is 12.1. The maximum atomic E-state index is 12.1. The van der Waals surface area contributed by atoms with E-state index in [1.165, 1.54) is 58.0 Å². The molecule has 2 aliphatic rings. The number of nitrogens with zero attached hydrogens (tertiary/aromatic N) is 1. The Kier molecular flexibility index (Phi) is 6.06. The van der Waals surface area contributed by atoms with Gasteiger partial charge >= 0.3 is 0 Å². The smallest absolute Gasteiger partial charge is 0.239 e. The second-order valence-corrected chi connectivity index (χ2v) is 7.38. The average Bonchev–Trinajstić information content (AvgIpc) is 2.78. The van der Waals surface area contributed by atoms with Crippen LogP contribution >= 0.6 is 0 Å². The summed E-state index contributed by atoms with van der Waals surface area (Å²) in [5.41, 5.74) is -0.473. The van der Waals surface area contributed by atoms with E-state index in [0.717, 1.165) is 12.6 Å². The van der Waals surface area contributed by atoms with Crippen molar-refractivity contribution < 1.29 is 4.79 Å². The molecule has 1 aliphatic heterocycles. The molecule has 4 heteroatoms. The van der Waals surface area contributed by atoms with Crippen LogP contribution in [-0.4, -0.2) is 49.1 Å². The van der Waals surface area contributed by atoms with E-state index in [1.54, 1.807) is 0 Å². The summed E-state index contributed by atoms with van der Waals surface area (Å²) < 4.78 is 0. The minimum atomic E-state index is -0.473. The third kappa shape index (κ3) is 4.68. The molecule has 0 radical (unpaired) electrons.